The van der Waals surface area contributed by atoms with Crippen molar-refractivity contribution in [1.82, 2.24) is 0 Å². The maximum atomic E-state index is 5.81. The smallest absolute Gasteiger partial charge is 0.122 e. The topological polar surface area (TPSA) is 35.2 Å². The van der Waals surface area contributed by atoms with E-state index in [0.717, 1.165) is 30.8 Å². The van der Waals surface area contributed by atoms with Crippen LogP contribution in [0.3, 0.4) is 0 Å². The van der Waals surface area contributed by atoms with Crippen LogP contribution in [-0.4, -0.2) is 6.61 Å². The molecule has 1 rings (SSSR count). The van der Waals surface area contributed by atoms with Gasteiger partial charge < -0.3 is 10.5 Å². The van der Waals surface area contributed by atoms with Crippen molar-refractivity contribution in [3.63, 3.8) is 0 Å². The molecule has 0 aliphatic rings. The summed E-state index contributed by atoms with van der Waals surface area (Å²) in [6.45, 7) is 7.02. The molecule has 0 saturated carbocycles. The Morgan fingerprint density at radius 2 is 2.13 bits per heavy atom. The zero-order valence-corrected chi connectivity index (χ0v) is 9.92. The first-order valence-corrected chi connectivity index (χ1v) is 5.64. The minimum Gasteiger partial charge on any atom is -0.493 e. The Morgan fingerprint density at radius 1 is 1.40 bits per heavy atom. The predicted octanol–water partition coefficient (Wildman–Crippen LogP) is 3.19. The molecule has 0 amide bonds. The molecule has 1 aromatic carbocycles. The van der Waals surface area contributed by atoms with Crippen LogP contribution < -0.4 is 10.5 Å². The van der Waals surface area contributed by atoms with Gasteiger partial charge >= 0.3 is 0 Å². The number of hydrogen-bond donors (Lipinski definition) is 1. The summed E-state index contributed by atoms with van der Waals surface area (Å²) >= 11 is 0. The van der Waals surface area contributed by atoms with E-state index in [1.807, 2.05) is 19.1 Å². The number of hydrogen-bond acceptors (Lipinski definition) is 2. The molecule has 0 saturated heterocycles. The Hall–Kier alpha value is -1.02. The standard InChI is InChI=1S/C13H21NO/c1-4-5-8-15-13-7-6-12(11(3)14)9-10(13)2/h6-7,9,11H,4-5,8,14H2,1-3H3. The molecule has 0 aliphatic carbocycles. The molecule has 0 radical (unpaired) electrons. The molecular formula is C13H21NO. The van der Waals surface area contributed by atoms with Crippen molar-refractivity contribution >= 4 is 0 Å². The van der Waals surface area contributed by atoms with Gasteiger partial charge in [0.2, 0.25) is 0 Å². The Labute approximate surface area is 92.4 Å². The van der Waals surface area contributed by atoms with Gasteiger partial charge in [-0.25, -0.2) is 0 Å². The van der Waals surface area contributed by atoms with E-state index in [9.17, 15) is 0 Å². The van der Waals surface area contributed by atoms with Gasteiger partial charge in [-0.05, 0) is 37.5 Å². The second-order valence-electron chi connectivity index (χ2n) is 4.02. The molecule has 0 fully saturated rings. The number of rotatable bonds is 5. The van der Waals surface area contributed by atoms with Gasteiger partial charge in [0, 0.05) is 6.04 Å². The third kappa shape index (κ3) is 3.56. The molecular weight excluding hydrogens is 186 g/mol. The third-order valence-electron chi connectivity index (χ3n) is 2.48. The highest BCUT2D eigenvalue weighted by Crippen LogP contribution is 2.21. The Kier molecular flexibility index (Phi) is 4.63. The monoisotopic (exact) mass is 207 g/mol. The number of benzene rings is 1. The third-order valence-corrected chi connectivity index (χ3v) is 2.48. The molecule has 1 unspecified atom stereocenters. The summed E-state index contributed by atoms with van der Waals surface area (Å²) in [6, 6.07) is 6.25. The second-order valence-corrected chi connectivity index (χ2v) is 4.02. The van der Waals surface area contributed by atoms with Crippen molar-refractivity contribution < 1.29 is 4.74 Å². The van der Waals surface area contributed by atoms with Crippen molar-refractivity contribution in [1.29, 1.82) is 0 Å². The van der Waals surface area contributed by atoms with Crippen molar-refractivity contribution in [2.24, 2.45) is 5.73 Å². The van der Waals surface area contributed by atoms with Gasteiger partial charge in [-0.3, -0.25) is 0 Å². The molecule has 2 N–H and O–H groups in total. The van der Waals surface area contributed by atoms with Crippen LogP contribution in [0.2, 0.25) is 0 Å². The van der Waals surface area contributed by atoms with E-state index in [-0.39, 0.29) is 6.04 Å². The lowest BCUT2D eigenvalue weighted by Gasteiger charge is -2.11. The number of unbranched alkanes of at least 4 members (excludes halogenated alkanes) is 1. The molecule has 0 bridgehead atoms. The van der Waals surface area contributed by atoms with Crippen LogP contribution in [0.4, 0.5) is 0 Å². The number of aryl methyl sites for hydroxylation is 1. The summed E-state index contributed by atoms with van der Waals surface area (Å²) in [4.78, 5) is 0. The molecule has 0 heterocycles. The summed E-state index contributed by atoms with van der Waals surface area (Å²) in [7, 11) is 0. The molecule has 2 heteroatoms. The van der Waals surface area contributed by atoms with Crippen molar-refractivity contribution in [2.45, 2.75) is 39.7 Å². The fraction of sp³-hybridized carbons (Fsp3) is 0.538. The Balaban J connectivity index is 2.66. The lowest BCUT2D eigenvalue weighted by molar-refractivity contribution is 0.307. The van der Waals surface area contributed by atoms with Gasteiger partial charge in [-0.15, -0.1) is 0 Å². The van der Waals surface area contributed by atoms with Gasteiger partial charge in [-0.2, -0.15) is 0 Å². The average molecular weight is 207 g/mol. The van der Waals surface area contributed by atoms with Gasteiger partial charge in [0.15, 0.2) is 0 Å². The second kappa shape index (κ2) is 5.76. The van der Waals surface area contributed by atoms with Crippen molar-refractivity contribution in [3.05, 3.63) is 29.3 Å². The van der Waals surface area contributed by atoms with E-state index in [0.29, 0.717) is 0 Å². The van der Waals surface area contributed by atoms with Crippen LogP contribution in [0.15, 0.2) is 18.2 Å². The van der Waals surface area contributed by atoms with E-state index < -0.39 is 0 Å². The lowest BCUT2D eigenvalue weighted by atomic mass is 10.1. The quantitative estimate of drug-likeness (QED) is 0.752. The Morgan fingerprint density at radius 3 is 2.67 bits per heavy atom. The first-order valence-electron chi connectivity index (χ1n) is 5.64. The minimum atomic E-state index is 0.0911. The molecule has 0 spiro atoms. The van der Waals surface area contributed by atoms with Gasteiger partial charge in [0.25, 0.3) is 0 Å². The highest BCUT2D eigenvalue weighted by Gasteiger charge is 2.03. The van der Waals surface area contributed by atoms with Gasteiger partial charge in [0.1, 0.15) is 5.75 Å². The SMILES string of the molecule is CCCCOc1ccc(C(C)N)cc1C. The lowest BCUT2D eigenvalue weighted by Crippen LogP contribution is -2.05. The largest absolute Gasteiger partial charge is 0.493 e. The van der Waals surface area contributed by atoms with E-state index >= 15 is 0 Å². The maximum absolute atomic E-state index is 5.81. The van der Waals surface area contributed by atoms with Crippen LogP contribution in [-0.2, 0) is 0 Å². The molecule has 15 heavy (non-hydrogen) atoms. The molecule has 0 aliphatic heterocycles. The summed E-state index contributed by atoms with van der Waals surface area (Å²) in [6.07, 6.45) is 2.27. The summed E-state index contributed by atoms with van der Waals surface area (Å²) in [5, 5.41) is 0. The van der Waals surface area contributed by atoms with Crippen LogP contribution in [0.1, 0.15) is 43.9 Å². The zero-order chi connectivity index (χ0) is 11.3. The van der Waals surface area contributed by atoms with E-state index in [1.165, 1.54) is 5.56 Å². The van der Waals surface area contributed by atoms with E-state index in [4.69, 9.17) is 10.5 Å². The molecule has 0 aromatic heterocycles. The van der Waals surface area contributed by atoms with Crippen molar-refractivity contribution in [3.8, 4) is 5.75 Å². The van der Waals surface area contributed by atoms with Gasteiger partial charge in [0.05, 0.1) is 6.61 Å². The minimum absolute atomic E-state index is 0.0911. The van der Waals surface area contributed by atoms with Crippen LogP contribution in [0.5, 0.6) is 5.75 Å². The first-order chi connectivity index (χ1) is 7.15. The average Bonchev–Trinajstić information content (AvgIpc) is 2.20. The maximum Gasteiger partial charge on any atom is 0.122 e. The summed E-state index contributed by atoms with van der Waals surface area (Å²) < 4.78 is 5.67. The summed E-state index contributed by atoms with van der Waals surface area (Å²) in [5.74, 6) is 0.979. The first kappa shape index (κ1) is 12.1. The number of nitrogens with two attached hydrogens (primary N) is 1. The number of ether oxygens (including phenoxy) is 1. The fourth-order valence-corrected chi connectivity index (χ4v) is 1.44. The zero-order valence-electron chi connectivity index (χ0n) is 9.92. The van der Waals surface area contributed by atoms with Crippen LogP contribution in [0.25, 0.3) is 0 Å². The predicted molar refractivity (Wildman–Crippen MR) is 64.2 cm³/mol. The molecule has 2 nitrogen and oxygen atoms in total. The normalized spacial score (nSPS) is 12.5. The van der Waals surface area contributed by atoms with Gasteiger partial charge in [-0.1, -0.05) is 25.5 Å². The molecule has 84 valence electrons. The van der Waals surface area contributed by atoms with Crippen LogP contribution >= 0.6 is 0 Å². The summed E-state index contributed by atoms with van der Waals surface area (Å²) in [5.41, 5.74) is 8.14. The Bertz CT molecular complexity index is 307. The highest BCUT2D eigenvalue weighted by molar-refractivity contribution is 5.37. The van der Waals surface area contributed by atoms with E-state index in [1.54, 1.807) is 0 Å². The fourth-order valence-electron chi connectivity index (χ4n) is 1.44. The molecule has 1 aromatic rings. The van der Waals surface area contributed by atoms with Crippen LogP contribution in [0, 0.1) is 6.92 Å². The highest BCUT2D eigenvalue weighted by atomic mass is 16.5. The van der Waals surface area contributed by atoms with Crippen molar-refractivity contribution in [2.75, 3.05) is 6.61 Å². The molecule has 1 atom stereocenters. The van der Waals surface area contributed by atoms with E-state index in [2.05, 4.69) is 19.9 Å².